The standard InChI is InChI=1S/C11H8BrIN2O2S/c1-5-9(11(16)17)10(18-15-5)14-8-4-6(12)2-3-7(8)13/h2-4,14H,1H3,(H,16,17). The number of nitrogens with one attached hydrogen (secondary N) is 1. The van der Waals surface area contributed by atoms with Crippen LogP contribution in [0.3, 0.4) is 0 Å². The number of halogens is 2. The van der Waals surface area contributed by atoms with Crippen LogP contribution in [0.2, 0.25) is 0 Å². The predicted molar refractivity (Wildman–Crippen MR) is 84.0 cm³/mol. The molecule has 0 fully saturated rings. The van der Waals surface area contributed by atoms with Gasteiger partial charge in [-0.05, 0) is 59.2 Å². The summed E-state index contributed by atoms with van der Waals surface area (Å²) in [5, 5.41) is 12.8. The molecule has 1 aromatic carbocycles. The predicted octanol–water partition coefficient (Wildman–Crippen LogP) is 4.26. The fourth-order valence-electron chi connectivity index (χ4n) is 1.42. The molecule has 2 rings (SSSR count). The van der Waals surface area contributed by atoms with Crippen LogP contribution >= 0.6 is 50.1 Å². The number of aromatic nitrogens is 1. The summed E-state index contributed by atoms with van der Waals surface area (Å²) in [5.41, 5.74) is 1.62. The lowest BCUT2D eigenvalue weighted by atomic mass is 10.2. The largest absolute Gasteiger partial charge is 0.478 e. The molecule has 2 aromatic rings. The molecule has 1 heterocycles. The van der Waals surface area contributed by atoms with Crippen molar-refractivity contribution < 1.29 is 9.90 Å². The van der Waals surface area contributed by atoms with E-state index in [4.69, 9.17) is 5.11 Å². The van der Waals surface area contributed by atoms with E-state index in [1.165, 1.54) is 0 Å². The molecule has 1 aromatic heterocycles. The van der Waals surface area contributed by atoms with E-state index >= 15 is 0 Å². The van der Waals surface area contributed by atoms with Gasteiger partial charge in [0.25, 0.3) is 0 Å². The van der Waals surface area contributed by atoms with E-state index in [0.29, 0.717) is 10.7 Å². The van der Waals surface area contributed by atoms with E-state index in [1.807, 2.05) is 18.2 Å². The molecule has 0 bridgehead atoms. The van der Waals surface area contributed by atoms with E-state index < -0.39 is 5.97 Å². The maximum absolute atomic E-state index is 11.2. The van der Waals surface area contributed by atoms with E-state index in [1.54, 1.807) is 6.92 Å². The molecule has 18 heavy (non-hydrogen) atoms. The Kier molecular flexibility index (Phi) is 4.23. The first-order valence-electron chi connectivity index (χ1n) is 4.90. The molecule has 2 N–H and O–H groups in total. The number of nitrogens with zero attached hydrogens (tertiary/aromatic N) is 1. The Morgan fingerprint density at radius 1 is 1.56 bits per heavy atom. The summed E-state index contributed by atoms with van der Waals surface area (Å²) in [6, 6.07) is 5.78. The summed E-state index contributed by atoms with van der Waals surface area (Å²) in [5.74, 6) is -0.964. The first kappa shape index (κ1) is 13.8. The smallest absolute Gasteiger partial charge is 0.340 e. The maximum Gasteiger partial charge on any atom is 0.340 e. The Balaban J connectivity index is 2.40. The van der Waals surface area contributed by atoms with Crippen molar-refractivity contribution in [3.8, 4) is 0 Å². The third kappa shape index (κ3) is 2.83. The molecule has 0 amide bonds. The van der Waals surface area contributed by atoms with Crippen molar-refractivity contribution in [2.45, 2.75) is 6.92 Å². The normalized spacial score (nSPS) is 10.4. The van der Waals surface area contributed by atoms with Crippen LogP contribution in [0.5, 0.6) is 0 Å². The highest BCUT2D eigenvalue weighted by Crippen LogP contribution is 2.31. The summed E-state index contributed by atoms with van der Waals surface area (Å²) in [6.45, 7) is 1.69. The molecular weight excluding hydrogens is 431 g/mol. The first-order valence-corrected chi connectivity index (χ1v) is 7.55. The summed E-state index contributed by atoms with van der Waals surface area (Å²) in [7, 11) is 0. The molecule has 94 valence electrons. The average Bonchev–Trinajstić information content (AvgIpc) is 2.65. The van der Waals surface area contributed by atoms with Crippen LogP contribution in [0.15, 0.2) is 22.7 Å². The Labute approximate surface area is 130 Å². The summed E-state index contributed by atoms with van der Waals surface area (Å²) in [6.07, 6.45) is 0. The van der Waals surface area contributed by atoms with Crippen molar-refractivity contribution in [3.63, 3.8) is 0 Å². The summed E-state index contributed by atoms with van der Waals surface area (Å²) < 4.78 is 6.02. The van der Waals surface area contributed by atoms with Gasteiger partial charge in [0.2, 0.25) is 0 Å². The quantitative estimate of drug-likeness (QED) is 0.703. The monoisotopic (exact) mass is 438 g/mol. The minimum Gasteiger partial charge on any atom is -0.478 e. The Morgan fingerprint density at radius 3 is 2.94 bits per heavy atom. The summed E-state index contributed by atoms with van der Waals surface area (Å²) >= 11 is 6.74. The minimum absolute atomic E-state index is 0.232. The zero-order valence-electron chi connectivity index (χ0n) is 9.20. The third-order valence-electron chi connectivity index (χ3n) is 2.25. The van der Waals surface area contributed by atoms with Gasteiger partial charge in [-0.2, -0.15) is 4.37 Å². The third-order valence-corrected chi connectivity index (χ3v) is 4.54. The van der Waals surface area contributed by atoms with E-state index in [2.05, 4.69) is 48.2 Å². The molecule has 0 radical (unpaired) electrons. The molecule has 4 nitrogen and oxygen atoms in total. The van der Waals surface area contributed by atoms with Crippen molar-refractivity contribution in [2.24, 2.45) is 0 Å². The van der Waals surface area contributed by atoms with Crippen LogP contribution < -0.4 is 5.32 Å². The van der Waals surface area contributed by atoms with Crippen LogP contribution in [0.4, 0.5) is 10.7 Å². The van der Waals surface area contributed by atoms with Gasteiger partial charge in [0.1, 0.15) is 10.6 Å². The van der Waals surface area contributed by atoms with Crippen molar-refractivity contribution in [3.05, 3.63) is 37.5 Å². The highest BCUT2D eigenvalue weighted by molar-refractivity contribution is 14.1. The average molecular weight is 439 g/mol. The van der Waals surface area contributed by atoms with Gasteiger partial charge in [-0.15, -0.1) is 0 Å². The van der Waals surface area contributed by atoms with Crippen LogP contribution in [-0.4, -0.2) is 15.4 Å². The fourth-order valence-corrected chi connectivity index (χ4v) is 3.06. The second kappa shape index (κ2) is 5.54. The van der Waals surface area contributed by atoms with E-state index in [9.17, 15) is 4.79 Å². The lowest BCUT2D eigenvalue weighted by molar-refractivity contribution is 0.0697. The molecule has 0 aliphatic rings. The van der Waals surface area contributed by atoms with Gasteiger partial charge in [0.15, 0.2) is 0 Å². The molecule has 0 aliphatic heterocycles. The Morgan fingerprint density at radius 2 is 2.28 bits per heavy atom. The maximum atomic E-state index is 11.2. The molecule has 0 atom stereocenters. The molecule has 0 aliphatic carbocycles. The number of carboxylic acid groups (broad SMARTS) is 1. The number of rotatable bonds is 3. The minimum atomic E-state index is -0.964. The van der Waals surface area contributed by atoms with Crippen molar-refractivity contribution in [1.82, 2.24) is 4.37 Å². The fraction of sp³-hybridized carbons (Fsp3) is 0.0909. The topological polar surface area (TPSA) is 62.2 Å². The van der Waals surface area contributed by atoms with Gasteiger partial charge in [-0.1, -0.05) is 15.9 Å². The molecule has 7 heteroatoms. The highest BCUT2D eigenvalue weighted by atomic mass is 127. The number of carbonyl (C=O) groups is 1. The lowest BCUT2D eigenvalue weighted by Gasteiger charge is -2.07. The van der Waals surface area contributed by atoms with Gasteiger partial charge >= 0.3 is 5.97 Å². The molecule has 0 saturated heterocycles. The van der Waals surface area contributed by atoms with Crippen molar-refractivity contribution >= 4 is 66.7 Å². The highest BCUT2D eigenvalue weighted by Gasteiger charge is 2.18. The number of hydrogen-bond acceptors (Lipinski definition) is 4. The van der Waals surface area contributed by atoms with Gasteiger partial charge in [0.05, 0.1) is 11.4 Å². The van der Waals surface area contributed by atoms with Gasteiger partial charge < -0.3 is 10.4 Å². The molecule has 0 spiro atoms. The first-order chi connectivity index (χ1) is 8.49. The van der Waals surface area contributed by atoms with Gasteiger partial charge in [-0.3, -0.25) is 0 Å². The lowest BCUT2D eigenvalue weighted by Crippen LogP contribution is -2.02. The van der Waals surface area contributed by atoms with E-state index in [-0.39, 0.29) is 5.56 Å². The SMILES string of the molecule is Cc1nsc(Nc2cc(Br)ccc2I)c1C(=O)O. The second-order valence-electron chi connectivity index (χ2n) is 3.53. The number of carboxylic acids is 1. The number of anilines is 2. The zero-order valence-corrected chi connectivity index (χ0v) is 13.8. The molecule has 0 saturated carbocycles. The van der Waals surface area contributed by atoms with Crippen molar-refractivity contribution in [1.29, 1.82) is 0 Å². The second-order valence-corrected chi connectivity index (χ2v) is 6.38. The van der Waals surface area contributed by atoms with E-state index in [0.717, 1.165) is 25.3 Å². The van der Waals surface area contributed by atoms with Gasteiger partial charge in [-0.25, -0.2) is 4.79 Å². The van der Waals surface area contributed by atoms with Gasteiger partial charge in [0, 0.05) is 8.04 Å². The molecular formula is C11H8BrIN2O2S. The number of aromatic carboxylic acids is 1. The number of aryl methyl sites for hydroxylation is 1. The number of hydrogen-bond donors (Lipinski definition) is 2. The zero-order chi connectivity index (χ0) is 13.3. The van der Waals surface area contributed by atoms with Crippen LogP contribution in [0.25, 0.3) is 0 Å². The summed E-state index contributed by atoms with van der Waals surface area (Å²) in [4.78, 5) is 11.2. The van der Waals surface area contributed by atoms with Crippen LogP contribution in [-0.2, 0) is 0 Å². The van der Waals surface area contributed by atoms with Crippen molar-refractivity contribution in [2.75, 3.05) is 5.32 Å². The van der Waals surface area contributed by atoms with Crippen LogP contribution in [0.1, 0.15) is 16.1 Å². The molecule has 0 unspecified atom stereocenters. The Bertz CT molecular complexity index is 615. The van der Waals surface area contributed by atoms with Crippen LogP contribution in [0, 0.1) is 10.5 Å². The number of benzene rings is 1. The Hall–Kier alpha value is -0.670.